The van der Waals surface area contributed by atoms with Crippen LogP contribution < -0.4 is 0 Å². The molecule has 25 heavy (non-hydrogen) atoms. The van der Waals surface area contributed by atoms with Crippen molar-refractivity contribution in [2.24, 2.45) is 7.05 Å². The van der Waals surface area contributed by atoms with Crippen LogP contribution in [0.5, 0.6) is 0 Å². The third-order valence-electron chi connectivity index (χ3n) is 5.40. The summed E-state index contributed by atoms with van der Waals surface area (Å²) in [5.74, 6) is 0.101. The number of piperidine rings is 1. The van der Waals surface area contributed by atoms with Crippen LogP contribution in [0.2, 0.25) is 0 Å². The van der Waals surface area contributed by atoms with Crippen molar-refractivity contribution in [3.05, 3.63) is 52.8 Å². The van der Waals surface area contributed by atoms with Crippen molar-refractivity contribution in [1.29, 1.82) is 0 Å². The lowest BCUT2D eigenvalue weighted by atomic mass is 10.0. The van der Waals surface area contributed by atoms with Crippen molar-refractivity contribution in [3.63, 3.8) is 0 Å². The standard InChI is InChI=1S/C20H28N4O/c1-15-19(16(2)23(4)21-15)20(25)22(3)18-10-12-24(13-11-18)14-17-8-6-5-7-9-17/h5-9,18H,10-14H2,1-4H3. The minimum Gasteiger partial charge on any atom is -0.339 e. The summed E-state index contributed by atoms with van der Waals surface area (Å²) in [4.78, 5) is 17.3. The second-order valence-corrected chi connectivity index (χ2v) is 7.08. The van der Waals surface area contributed by atoms with Crippen molar-refractivity contribution in [2.75, 3.05) is 20.1 Å². The molecule has 0 atom stereocenters. The van der Waals surface area contributed by atoms with Crippen LogP contribution in [0, 0.1) is 13.8 Å². The molecule has 1 aliphatic heterocycles. The van der Waals surface area contributed by atoms with Crippen molar-refractivity contribution >= 4 is 5.91 Å². The molecule has 0 N–H and O–H groups in total. The molecule has 1 aromatic carbocycles. The maximum atomic E-state index is 12.9. The van der Waals surface area contributed by atoms with Crippen molar-refractivity contribution in [2.45, 2.75) is 39.3 Å². The fourth-order valence-electron chi connectivity index (χ4n) is 3.73. The van der Waals surface area contributed by atoms with Gasteiger partial charge in [0.2, 0.25) is 0 Å². The number of aromatic nitrogens is 2. The number of aryl methyl sites for hydroxylation is 2. The van der Waals surface area contributed by atoms with E-state index in [1.165, 1.54) is 5.56 Å². The molecule has 1 saturated heterocycles. The highest BCUT2D eigenvalue weighted by molar-refractivity contribution is 5.96. The first kappa shape index (κ1) is 17.7. The molecular formula is C20H28N4O. The topological polar surface area (TPSA) is 41.4 Å². The summed E-state index contributed by atoms with van der Waals surface area (Å²) in [6, 6.07) is 10.9. The lowest BCUT2D eigenvalue weighted by Gasteiger charge is -2.36. The van der Waals surface area contributed by atoms with E-state index in [9.17, 15) is 4.79 Å². The van der Waals surface area contributed by atoms with Gasteiger partial charge in [0.05, 0.1) is 11.3 Å². The zero-order chi connectivity index (χ0) is 18.0. The number of amides is 1. The fraction of sp³-hybridized carbons (Fsp3) is 0.500. The van der Waals surface area contributed by atoms with Crippen LogP contribution in [0.25, 0.3) is 0 Å². The van der Waals surface area contributed by atoms with Crippen molar-refractivity contribution in [1.82, 2.24) is 19.6 Å². The summed E-state index contributed by atoms with van der Waals surface area (Å²) in [7, 11) is 3.83. The summed E-state index contributed by atoms with van der Waals surface area (Å²) in [5.41, 5.74) is 3.87. The quantitative estimate of drug-likeness (QED) is 0.859. The monoisotopic (exact) mass is 340 g/mol. The van der Waals surface area contributed by atoms with Gasteiger partial charge in [0.1, 0.15) is 0 Å². The van der Waals surface area contributed by atoms with Gasteiger partial charge >= 0.3 is 0 Å². The molecule has 3 rings (SSSR count). The zero-order valence-electron chi connectivity index (χ0n) is 15.7. The van der Waals surface area contributed by atoms with Crippen LogP contribution in [-0.4, -0.2) is 51.7 Å². The molecule has 0 unspecified atom stereocenters. The Balaban J connectivity index is 1.59. The maximum absolute atomic E-state index is 12.9. The Kier molecular flexibility index (Phi) is 5.23. The van der Waals surface area contributed by atoms with Crippen molar-refractivity contribution in [3.8, 4) is 0 Å². The highest BCUT2D eigenvalue weighted by Crippen LogP contribution is 2.21. The van der Waals surface area contributed by atoms with E-state index in [1.54, 1.807) is 4.68 Å². The van der Waals surface area contributed by atoms with Gasteiger partial charge in [0, 0.05) is 45.5 Å². The SMILES string of the molecule is Cc1nn(C)c(C)c1C(=O)N(C)C1CCN(Cc2ccccc2)CC1. The minimum absolute atomic E-state index is 0.101. The molecule has 1 amide bonds. The molecule has 1 aromatic heterocycles. The smallest absolute Gasteiger partial charge is 0.257 e. The first-order chi connectivity index (χ1) is 12.0. The number of hydrogen-bond donors (Lipinski definition) is 0. The summed E-state index contributed by atoms with van der Waals surface area (Å²) >= 11 is 0. The summed E-state index contributed by atoms with van der Waals surface area (Å²) in [6.07, 6.45) is 2.04. The Hall–Kier alpha value is -2.14. The Bertz CT molecular complexity index is 730. The molecule has 2 aromatic rings. The summed E-state index contributed by atoms with van der Waals surface area (Å²) in [6.45, 7) is 6.93. The molecule has 1 fully saturated rings. The van der Waals surface area contributed by atoms with Crippen LogP contribution >= 0.6 is 0 Å². The lowest BCUT2D eigenvalue weighted by molar-refractivity contribution is 0.0635. The van der Waals surface area contributed by atoms with Crippen LogP contribution in [-0.2, 0) is 13.6 Å². The normalized spacial score (nSPS) is 16.2. The van der Waals surface area contributed by atoms with Crippen LogP contribution in [0.4, 0.5) is 0 Å². The van der Waals surface area contributed by atoms with E-state index >= 15 is 0 Å². The van der Waals surface area contributed by atoms with E-state index < -0.39 is 0 Å². The van der Waals surface area contributed by atoms with Crippen LogP contribution in [0.1, 0.15) is 40.2 Å². The second kappa shape index (κ2) is 7.40. The van der Waals surface area contributed by atoms with Crippen molar-refractivity contribution < 1.29 is 4.79 Å². The average molecular weight is 340 g/mol. The number of carbonyl (C=O) groups excluding carboxylic acids is 1. The molecule has 0 bridgehead atoms. The van der Waals surface area contributed by atoms with E-state index in [-0.39, 0.29) is 5.91 Å². The molecule has 5 heteroatoms. The first-order valence-corrected chi connectivity index (χ1v) is 9.01. The number of hydrogen-bond acceptors (Lipinski definition) is 3. The highest BCUT2D eigenvalue weighted by atomic mass is 16.2. The summed E-state index contributed by atoms with van der Waals surface area (Å²) < 4.78 is 1.79. The van der Waals surface area contributed by atoms with Gasteiger partial charge in [-0.05, 0) is 32.3 Å². The highest BCUT2D eigenvalue weighted by Gasteiger charge is 2.28. The van der Waals surface area contributed by atoms with Crippen LogP contribution in [0.15, 0.2) is 30.3 Å². The molecule has 0 radical (unpaired) electrons. The van der Waals surface area contributed by atoms with E-state index in [0.717, 1.165) is 49.4 Å². The van der Waals surface area contributed by atoms with Gasteiger partial charge in [0.25, 0.3) is 5.91 Å². The number of nitrogens with zero attached hydrogens (tertiary/aromatic N) is 4. The predicted molar refractivity (Wildman–Crippen MR) is 99.5 cm³/mol. The number of rotatable bonds is 4. The summed E-state index contributed by atoms with van der Waals surface area (Å²) in [5, 5.41) is 4.38. The largest absolute Gasteiger partial charge is 0.339 e. The lowest BCUT2D eigenvalue weighted by Crippen LogP contribution is -2.45. The third kappa shape index (κ3) is 3.76. The van der Waals surface area contributed by atoms with Gasteiger partial charge in [-0.3, -0.25) is 14.4 Å². The van der Waals surface area contributed by atoms with E-state index in [2.05, 4.69) is 40.3 Å². The molecule has 5 nitrogen and oxygen atoms in total. The van der Waals surface area contributed by atoms with Crippen LogP contribution in [0.3, 0.4) is 0 Å². The van der Waals surface area contributed by atoms with Gasteiger partial charge in [0.15, 0.2) is 0 Å². The Morgan fingerprint density at radius 2 is 1.84 bits per heavy atom. The predicted octanol–water partition coefficient (Wildman–Crippen LogP) is 2.77. The van der Waals surface area contributed by atoms with Gasteiger partial charge in [-0.15, -0.1) is 0 Å². The van der Waals surface area contributed by atoms with Gasteiger partial charge in [-0.2, -0.15) is 5.10 Å². The third-order valence-corrected chi connectivity index (χ3v) is 5.40. The minimum atomic E-state index is 0.101. The van der Waals surface area contributed by atoms with E-state index in [1.807, 2.05) is 32.8 Å². The number of benzene rings is 1. The molecule has 0 spiro atoms. The average Bonchev–Trinajstić information content (AvgIpc) is 2.87. The molecule has 134 valence electrons. The first-order valence-electron chi connectivity index (χ1n) is 9.01. The molecule has 0 saturated carbocycles. The van der Waals surface area contributed by atoms with Gasteiger partial charge in [-0.25, -0.2) is 0 Å². The fourth-order valence-corrected chi connectivity index (χ4v) is 3.73. The zero-order valence-corrected chi connectivity index (χ0v) is 15.7. The Morgan fingerprint density at radius 3 is 2.40 bits per heavy atom. The maximum Gasteiger partial charge on any atom is 0.257 e. The molecular weight excluding hydrogens is 312 g/mol. The van der Waals surface area contributed by atoms with E-state index in [4.69, 9.17) is 0 Å². The number of likely N-dealkylation sites (tertiary alicyclic amines) is 1. The number of carbonyl (C=O) groups is 1. The van der Waals surface area contributed by atoms with Gasteiger partial charge < -0.3 is 4.90 Å². The second-order valence-electron chi connectivity index (χ2n) is 7.08. The Labute approximate surface area is 150 Å². The molecule has 1 aliphatic rings. The van der Waals surface area contributed by atoms with E-state index in [0.29, 0.717) is 6.04 Å². The van der Waals surface area contributed by atoms with Gasteiger partial charge in [-0.1, -0.05) is 30.3 Å². The Morgan fingerprint density at radius 1 is 1.20 bits per heavy atom. The molecule has 2 heterocycles. The molecule has 0 aliphatic carbocycles.